The largest absolute Gasteiger partial charge is 0.494 e. The maximum absolute atomic E-state index is 11.5. The number of nitrogens with two attached hydrogens (primary N) is 1. The van der Waals surface area contributed by atoms with Crippen LogP contribution in [-0.2, 0) is 14.6 Å². The number of benzene rings is 1. The van der Waals surface area contributed by atoms with Crippen LogP contribution in [0.1, 0.15) is 25.7 Å². The molecule has 0 spiro atoms. The first-order chi connectivity index (χ1) is 10.4. The molecule has 0 heterocycles. The van der Waals surface area contributed by atoms with Gasteiger partial charge in [-0.15, -0.1) is 0 Å². The fourth-order valence-electron chi connectivity index (χ4n) is 1.79. The zero-order valence-corrected chi connectivity index (χ0v) is 13.7. The molecule has 0 aliphatic heterocycles. The lowest BCUT2D eigenvalue weighted by atomic mass is 10.3. The third kappa shape index (κ3) is 7.42. The van der Waals surface area contributed by atoms with E-state index in [1.807, 2.05) is 0 Å². The molecule has 0 aromatic heterocycles. The molecule has 0 aliphatic carbocycles. The number of sulfone groups is 1. The second kappa shape index (κ2) is 9.42. The first kappa shape index (κ1) is 18.4. The van der Waals surface area contributed by atoms with Crippen molar-refractivity contribution >= 4 is 15.7 Å². The number of nitrogens with one attached hydrogen (secondary N) is 1. The van der Waals surface area contributed by atoms with Crippen LogP contribution in [-0.4, -0.2) is 40.3 Å². The fraction of sp³-hybridized carbons (Fsp3) is 0.533. The lowest BCUT2D eigenvalue weighted by Crippen LogP contribution is -2.25. The summed E-state index contributed by atoms with van der Waals surface area (Å²) in [6, 6.07) is 6.25. The van der Waals surface area contributed by atoms with Crippen molar-refractivity contribution in [1.82, 2.24) is 5.32 Å². The van der Waals surface area contributed by atoms with E-state index in [4.69, 9.17) is 10.5 Å². The van der Waals surface area contributed by atoms with Crippen LogP contribution >= 0.6 is 0 Å². The Bertz CT molecular complexity index is 555. The fourth-order valence-corrected chi connectivity index (χ4v) is 2.42. The number of ether oxygens (including phenoxy) is 1. The van der Waals surface area contributed by atoms with Crippen molar-refractivity contribution in [1.29, 1.82) is 0 Å². The Balaban J connectivity index is 2.20. The number of unbranched alkanes of at least 4 members (excludes halogenated alkanes) is 1. The van der Waals surface area contributed by atoms with E-state index in [0.717, 1.165) is 19.1 Å². The topological polar surface area (TPSA) is 98.5 Å². The zero-order chi connectivity index (χ0) is 16.4. The van der Waals surface area contributed by atoms with Gasteiger partial charge >= 0.3 is 0 Å². The van der Waals surface area contributed by atoms with Crippen molar-refractivity contribution in [3.63, 3.8) is 0 Å². The molecule has 0 atom stereocenters. The van der Waals surface area contributed by atoms with E-state index in [0.29, 0.717) is 38.3 Å². The van der Waals surface area contributed by atoms with Crippen molar-refractivity contribution < 1.29 is 17.9 Å². The molecule has 0 unspecified atom stereocenters. The summed E-state index contributed by atoms with van der Waals surface area (Å²) in [6.07, 6.45) is 3.98. The Labute approximate surface area is 132 Å². The van der Waals surface area contributed by atoms with Crippen LogP contribution in [0.15, 0.2) is 29.2 Å². The summed E-state index contributed by atoms with van der Waals surface area (Å²) in [5, 5.41) is 2.82. The van der Waals surface area contributed by atoms with Gasteiger partial charge in [-0.05, 0) is 50.1 Å². The van der Waals surface area contributed by atoms with Crippen molar-refractivity contribution in [2.24, 2.45) is 5.73 Å². The summed E-state index contributed by atoms with van der Waals surface area (Å²) in [7, 11) is -3.19. The number of carbonyl (C=O) groups excluding carboxylic acids is 1. The van der Waals surface area contributed by atoms with Gasteiger partial charge in [0.2, 0.25) is 5.91 Å². The van der Waals surface area contributed by atoms with Crippen molar-refractivity contribution in [3.8, 4) is 5.75 Å². The molecule has 0 radical (unpaired) electrons. The molecule has 0 fully saturated rings. The number of rotatable bonds is 10. The van der Waals surface area contributed by atoms with Crippen molar-refractivity contribution in [3.05, 3.63) is 24.3 Å². The minimum atomic E-state index is -3.19. The van der Waals surface area contributed by atoms with E-state index in [1.54, 1.807) is 12.1 Å². The molecule has 0 saturated carbocycles. The van der Waals surface area contributed by atoms with Gasteiger partial charge < -0.3 is 15.8 Å². The van der Waals surface area contributed by atoms with Crippen molar-refractivity contribution in [2.75, 3.05) is 26.0 Å². The molecule has 0 bridgehead atoms. The summed E-state index contributed by atoms with van der Waals surface area (Å²) >= 11 is 0. The van der Waals surface area contributed by atoms with E-state index < -0.39 is 9.84 Å². The second-order valence-electron chi connectivity index (χ2n) is 5.04. The van der Waals surface area contributed by atoms with Gasteiger partial charge in [0.25, 0.3) is 0 Å². The molecule has 1 aromatic rings. The molecule has 1 amide bonds. The molecular formula is C15H24N2O4S. The van der Waals surface area contributed by atoms with Crippen LogP contribution in [0.2, 0.25) is 0 Å². The normalized spacial score (nSPS) is 11.2. The summed E-state index contributed by atoms with van der Waals surface area (Å²) in [5.41, 5.74) is 5.37. The van der Waals surface area contributed by atoms with Gasteiger partial charge in [0.15, 0.2) is 9.84 Å². The highest BCUT2D eigenvalue weighted by atomic mass is 32.2. The molecule has 3 N–H and O–H groups in total. The van der Waals surface area contributed by atoms with Gasteiger partial charge in [0.1, 0.15) is 5.75 Å². The number of hydrogen-bond acceptors (Lipinski definition) is 5. The minimum absolute atomic E-state index is 0.00745. The Hall–Kier alpha value is -1.60. The van der Waals surface area contributed by atoms with Crippen LogP contribution in [0.4, 0.5) is 0 Å². The predicted molar refractivity (Wildman–Crippen MR) is 85.6 cm³/mol. The summed E-state index contributed by atoms with van der Waals surface area (Å²) in [4.78, 5) is 11.8. The maximum atomic E-state index is 11.5. The lowest BCUT2D eigenvalue weighted by molar-refractivity contribution is -0.121. The summed E-state index contributed by atoms with van der Waals surface area (Å²) in [6.45, 7) is 1.71. The van der Waals surface area contributed by atoms with Gasteiger partial charge in [-0.3, -0.25) is 4.79 Å². The van der Waals surface area contributed by atoms with Crippen LogP contribution < -0.4 is 15.8 Å². The van der Waals surface area contributed by atoms with E-state index in [2.05, 4.69) is 5.32 Å². The lowest BCUT2D eigenvalue weighted by Gasteiger charge is -2.07. The Morgan fingerprint density at radius 2 is 1.86 bits per heavy atom. The maximum Gasteiger partial charge on any atom is 0.220 e. The highest BCUT2D eigenvalue weighted by Crippen LogP contribution is 2.16. The monoisotopic (exact) mass is 328 g/mol. The van der Waals surface area contributed by atoms with E-state index in [1.165, 1.54) is 12.1 Å². The van der Waals surface area contributed by atoms with Crippen LogP contribution in [0.5, 0.6) is 5.75 Å². The molecule has 124 valence electrons. The summed E-state index contributed by atoms with van der Waals surface area (Å²) < 4.78 is 28.1. The standard InChI is InChI=1S/C15H24N2O4S/c1-22(19,20)14-8-6-13(7-9-14)21-12-4-5-15(18)17-11-3-2-10-16/h6-9H,2-5,10-12,16H2,1H3,(H,17,18). The quantitative estimate of drug-likeness (QED) is 0.627. The van der Waals surface area contributed by atoms with Crippen molar-refractivity contribution in [2.45, 2.75) is 30.6 Å². The highest BCUT2D eigenvalue weighted by molar-refractivity contribution is 7.90. The van der Waals surface area contributed by atoms with Crippen LogP contribution in [0, 0.1) is 0 Å². The second-order valence-corrected chi connectivity index (χ2v) is 7.06. The third-order valence-corrected chi connectivity index (χ3v) is 4.15. The zero-order valence-electron chi connectivity index (χ0n) is 12.9. The van der Waals surface area contributed by atoms with Gasteiger partial charge in [-0.1, -0.05) is 0 Å². The SMILES string of the molecule is CS(=O)(=O)c1ccc(OCCCC(=O)NCCCCN)cc1. The van der Waals surface area contributed by atoms with Gasteiger partial charge in [-0.25, -0.2) is 8.42 Å². The number of carbonyl (C=O) groups is 1. The Kier molecular flexibility index (Phi) is 7.90. The molecule has 7 heteroatoms. The first-order valence-electron chi connectivity index (χ1n) is 7.33. The third-order valence-electron chi connectivity index (χ3n) is 3.02. The van der Waals surface area contributed by atoms with Gasteiger partial charge in [0, 0.05) is 19.2 Å². The smallest absolute Gasteiger partial charge is 0.220 e. The Morgan fingerprint density at radius 1 is 1.18 bits per heavy atom. The van der Waals surface area contributed by atoms with E-state index >= 15 is 0 Å². The molecule has 6 nitrogen and oxygen atoms in total. The van der Waals surface area contributed by atoms with E-state index in [9.17, 15) is 13.2 Å². The molecule has 22 heavy (non-hydrogen) atoms. The molecule has 1 rings (SSSR count). The first-order valence-corrected chi connectivity index (χ1v) is 9.22. The average Bonchev–Trinajstić information content (AvgIpc) is 2.48. The van der Waals surface area contributed by atoms with Crippen LogP contribution in [0.3, 0.4) is 0 Å². The van der Waals surface area contributed by atoms with Gasteiger partial charge in [0.05, 0.1) is 11.5 Å². The minimum Gasteiger partial charge on any atom is -0.494 e. The summed E-state index contributed by atoms with van der Waals surface area (Å²) in [5.74, 6) is 0.601. The predicted octanol–water partition coefficient (Wildman–Crippen LogP) is 1.10. The van der Waals surface area contributed by atoms with E-state index in [-0.39, 0.29) is 10.8 Å². The Morgan fingerprint density at radius 3 is 2.45 bits per heavy atom. The van der Waals surface area contributed by atoms with Crippen LogP contribution in [0.25, 0.3) is 0 Å². The number of hydrogen-bond donors (Lipinski definition) is 2. The molecule has 1 aromatic carbocycles. The number of amides is 1. The molecule has 0 saturated heterocycles. The molecule has 0 aliphatic rings. The van der Waals surface area contributed by atoms with Gasteiger partial charge in [-0.2, -0.15) is 0 Å². The molecular weight excluding hydrogens is 304 g/mol. The average molecular weight is 328 g/mol. The highest BCUT2D eigenvalue weighted by Gasteiger charge is 2.06.